The van der Waals surface area contributed by atoms with Crippen LogP contribution in [0, 0.1) is 0 Å². The number of aromatic nitrogens is 2. The summed E-state index contributed by atoms with van der Waals surface area (Å²) >= 11 is 1.83. The predicted octanol–water partition coefficient (Wildman–Crippen LogP) is 2.03. The lowest BCUT2D eigenvalue weighted by molar-refractivity contribution is 0.746. The van der Waals surface area contributed by atoms with Crippen LogP contribution in [0.15, 0.2) is 18.5 Å². The Hall–Kier alpha value is -0.770. The van der Waals surface area contributed by atoms with Gasteiger partial charge in [0.15, 0.2) is 0 Å². The van der Waals surface area contributed by atoms with Crippen molar-refractivity contribution < 1.29 is 0 Å². The maximum Gasteiger partial charge on any atom is 0.222 e. The van der Waals surface area contributed by atoms with Crippen molar-refractivity contribution in [2.75, 3.05) is 18.1 Å². The van der Waals surface area contributed by atoms with Crippen LogP contribution in [-0.2, 0) is 0 Å². The van der Waals surface area contributed by atoms with Crippen LogP contribution in [0.1, 0.15) is 13.8 Å². The highest BCUT2D eigenvalue weighted by atomic mass is 32.2. The molecule has 0 saturated heterocycles. The van der Waals surface area contributed by atoms with Gasteiger partial charge in [0.05, 0.1) is 0 Å². The molecule has 0 fully saturated rings. The van der Waals surface area contributed by atoms with Crippen molar-refractivity contribution >= 4 is 17.7 Å². The van der Waals surface area contributed by atoms with E-state index in [9.17, 15) is 0 Å². The summed E-state index contributed by atoms with van der Waals surface area (Å²) in [4.78, 5) is 8.17. The third-order valence-electron chi connectivity index (χ3n) is 1.79. The molecule has 13 heavy (non-hydrogen) atoms. The molecule has 1 heterocycles. The van der Waals surface area contributed by atoms with E-state index in [-0.39, 0.29) is 4.75 Å². The quantitative estimate of drug-likeness (QED) is 0.801. The first-order valence-corrected chi connectivity index (χ1v) is 5.42. The van der Waals surface area contributed by atoms with Gasteiger partial charge in [0, 0.05) is 23.7 Å². The second-order valence-corrected chi connectivity index (χ2v) is 4.90. The molecular weight excluding hydrogens is 182 g/mol. The SMILES string of the molecule is CSC(C)(C)CNc1ncccn1. The van der Waals surface area contributed by atoms with Crippen LogP contribution in [0.3, 0.4) is 0 Å². The van der Waals surface area contributed by atoms with Crippen LogP contribution in [0.25, 0.3) is 0 Å². The average molecular weight is 197 g/mol. The Balaban J connectivity index is 2.44. The van der Waals surface area contributed by atoms with Crippen molar-refractivity contribution in [1.82, 2.24) is 9.97 Å². The van der Waals surface area contributed by atoms with E-state index in [0.717, 1.165) is 6.54 Å². The van der Waals surface area contributed by atoms with E-state index in [1.54, 1.807) is 12.4 Å². The first-order valence-electron chi connectivity index (χ1n) is 4.20. The Labute approximate surface area is 83.4 Å². The Morgan fingerprint density at radius 3 is 2.54 bits per heavy atom. The van der Waals surface area contributed by atoms with Crippen LogP contribution in [0.4, 0.5) is 5.95 Å². The van der Waals surface area contributed by atoms with E-state index in [1.807, 2.05) is 17.8 Å². The van der Waals surface area contributed by atoms with Gasteiger partial charge in [-0.05, 0) is 26.2 Å². The summed E-state index contributed by atoms with van der Waals surface area (Å²) in [7, 11) is 0. The number of anilines is 1. The zero-order chi connectivity index (χ0) is 9.73. The smallest absolute Gasteiger partial charge is 0.222 e. The zero-order valence-corrected chi connectivity index (χ0v) is 9.06. The molecule has 0 aliphatic carbocycles. The number of nitrogens with one attached hydrogen (secondary N) is 1. The zero-order valence-electron chi connectivity index (χ0n) is 8.24. The lowest BCUT2D eigenvalue weighted by atomic mass is 10.2. The second kappa shape index (κ2) is 4.46. The fourth-order valence-electron chi connectivity index (χ4n) is 0.754. The standard InChI is InChI=1S/C9H15N3S/c1-9(2,13-3)7-12-8-10-5-4-6-11-8/h4-6H,7H2,1-3H3,(H,10,11,12). The van der Waals surface area contributed by atoms with Gasteiger partial charge in [0.25, 0.3) is 0 Å². The summed E-state index contributed by atoms with van der Waals surface area (Å²) in [5.41, 5.74) is 0. The molecule has 0 aliphatic rings. The number of hydrogen-bond donors (Lipinski definition) is 1. The minimum Gasteiger partial charge on any atom is -0.353 e. The summed E-state index contributed by atoms with van der Waals surface area (Å²) < 4.78 is 0.221. The van der Waals surface area contributed by atoms with Gasteiger partial charge in [-0.1, -0.05) is 0 Å². The number of rotatable bonds is 4. The third-order valence-corrected chi connectivity index (χ3v) is 3.04. The lowest BCUT2D eigenvalue weighted by Gasteiger charge is -2.21. The van der Waals surface area contributed by atoms with Crippen molar-refractivity contribution in [2.24, 2.45) is 0 Å². The van der Waals surface area contributed by atoms with Gasteiger partial charge in [0.2, 0.25) is 5.95 Å². The summed E-state index contributed by atoms with van der Waals surface area (Å²) in [5.74, 6) is 0.699. The number of hydrogen-bond acceptors (Lipinski definition) is 4. The molecule has 72 valence electrons. The minimum absolute atomic E-state index is 0.221. The van der Waals surface area contributed by atoms with E-state index in [0.29, 0.717) is 5.95 Å². The van der Waals surface area contributed by atoms with Gasteiger partial charge in [-0.2, -0.15) is 11.8 Å². The fourth-order valence-corrected chi connectivity index (χ4v) is 0.971. The van der Waals surface area contributed by atoms with E-state index < -0.39 is 0 Å². The molecule has 0 amide bonds. The molecular formula is C9H15N3S. The van der Waals surface area contributed by atoms with E-state index >= 15 is 0 Å². The molecule has 1 aromatic rings. The molecule has 1 N–H and O–H groups in total. The van der Waals surface area contributed by atoms with E-state index in [4.69, 9.17) is 0 Å². The van der Waals surface area contributed by atoms with E-state index in [2.05, 4.69) is 35.4 Å². The van der Waals surface area contributed by atoms with Crippen molar-refractivity contribution in [3.05, 3.63) is 18.5 Å². The minimum atomic E-state index is 0.221. The topological polar surface area (TPSA) is 37.8 Å². The van der Waals surface area contributed by atoms with Gasteiger partial charge in [-0.15, -0.1) is 0 Å². The molecule has 0 spiro atoms. The molecule has 0 saturated carbocycles. The van der Waals surface area contributed by atoms with Crippen molar-refractivity contribution in [3.8, 4) is 0 Å². The fraction of sp³-hybridized carbons (Fsp3) is 0.556. The van der Waals surface area contributed by atoms with Crippen molar-refractivity contribution in [1.29, 1.82) is 0 Å². The van der Waals surface area contributed by atoms with Crippen LogP contribution in [0.2, 0.25) is 0 Å². The Bertz CT molecular complexity index is 248. The number of nitrogens with zero attached hydrogens (tertiary/aromatic N) is 2. The van der Waals surface area contributed by atoms with Crippen LogP contribution in [-0.4, -0.2) is 27.5 Å². The third kappa shape index (κ3) is 3.63. The van der Waals surface area contributed by atoms with Gasteiger partial charge < -0.3 is 5.32 Å². The predicted molar refractivity (Wildman–Crippen MR) is 58.1 cm³/mol. The average Bonchev–Trinajstić information content (AvgIpc) is 2.17. The maximum absolute atomic E-state index is 4.08. The molecule has 1 rings (SSSR count). The Kier molecular flexibility index (Phi) is 3.54. The lowest BCUT2D eigenvalue weighted by Crippen LogP contribution is -2.26. The van der Waals surface area contributed by atoms with Crippen LogP contribution in [0.5, 0.6) is 0 Å². The summed E-state index contributed by atoms with van der Waals surface area (Å²) in [6.45, 7) is 5.25. The van der Waals surface area contributed by atoms with Gasteiger partial charge in [0.1, 0.15) is 0 Å². The first-order chi connectivity index (χ1) is 6.14. The van der Waals surface area contributed by atoms with Crippen molar-refractivity contribution in [3.63, 3.8) is 0 Å². The largest absolute Gasteiger partial charge is 0.353 e. The molecule has 0 bridgehead atoms. The molecule has 0 atom stereocenters. The second-order valence-electron chi connectivity index (χ2n) is 3.39. The summed E-state index contributed by atoms with van der Waals surface area (Å²) in [5, 5.41) is 3.19. The number of thioether (sulfide) groups is 1. The maximum atomic E-state index is 4.08. The van der Waals surface area contributed by atoms with Gasteiger partial charge in [-0.25, -0.2) is 9.97 Å². The highest BCUT2D eigenvalue weighted by molar-refractivity contribution is 7.99. The first kappa shape index (κ1) is 10.3. The van der Waals surface area contributed by atoms with Crippen LogP contribution < -0.4 is 5.32 Å². The highest BCUT2D eigenvalue weighted by Crippen LogP contribution is 2.20. The van der Waals surface area contributed by atoms with Crippen LogP contribution >= 0.6 is 11.8 Å². The molecule has 0 radical (unpaired) electrons. The monoisotopic (exact) mass is 197 g/mol. The van der Waals surface area contributed by atoms with Gasteiger partial charge in [-0.3, -0.25) is 0 Å². The normalized spacial score (nSPS) is 11.3. The Morgan fingerprint density at radius 1 is 1.38 bits per heavy atom. The molecule has 0 aromatic carbocycles. The van der Waals surface area contributed by atoms with Crippen molar-refractivity contribution in [2.45, 2.75) is 18.6 Å². The molecule has 0 aliphatic heterocycles. The molecule has 1 aromatic heterocycles. The summed E-state index contributed by atoms with van der Waals surface area (Å²) in [6, 6.07) is 1.81. The highest BCUT2D eigenvalue weighted by Gasteiger charge is 2.15. The molecule has 0 unspecified atom stereocenters. The summed E-state index contributed by atoms with van der Waals surface area (Å²) in [6.07, 6.45) is 5.58. The van der Waals surface area contributed by atoms with E-state index in [1.165, 1.54) is 0 Å². The molecule has 4 heteroatoms. The molecule has 3 nitrogen and oxygen atoms in total. The van der Waals surface area contributed by atoms with Gasteiger partial charge >= 0.3 is 0 Å². The Morgan fingerprint density at radius 2 is 2.00 bits per heavy atom.